The Morgan fingerprint density at radius 1 is 1.04 bits per heavy atom. The molecule has 0 aliphatic carbocycles. The number of rotatable bonds is 4. The molecule has 0 spiro atoms. The van der Waals surface area contributed by atoms with Gasteiger partial charge in [-0.1, -0.05) is 24.0 Å². The molecule has 4 nitrogen and oxygen atoms in total. The largest absolute Gasteiger partial charge is 0.416 e. The van der Waals surface area contributed by atoms with Crippen LogP contribution in [0.5, 0.6) is 0 Å². The van der Waals surface area contributed by atoms with Gasteiger partial charge in [-0.2, -0.15) is 17.9 Å². The minimum Gasteiger partial charge on any atom is -0.295 e. The van der Waals surface area contributed by atoms with Crippen LogP contribution in [0.2, 0.25) is 0 Å². The zero-order valence-electron chi connectivity index (χ0n) is 13.6. The third-order valence-corrected chi connectivity index (χ3v) is 4.78. The first-order valence-corrected chi connectivity index (χ1v) is 8.85. The van der Waals surface area contributed by atoms with E-state index >= 15 is 0 Å². The molecular formula is C18H14F3NO3S. The smallest absolute Gasteiger partial charge is 0.295 e. The highest BCUT2D eigenvalue weighted by Crippen LogP contribution is 2.29. The fourth-order valence-electron chi connectivity index (χ4n) is 1.97. The van der Waals surface area contributed by atoms with E-state index in [1.54, 1.807) is 24.3 Å². The van der Waals surface area contributed by atoms with Gasteiger partial charge in [-0.05, 0) is 43.3 Å². The van der Waals surface area contributed by atoms with Crippen molar-refractivity contribution in [2.75, 3.05) is 6.54 Å². The second-order valence-corrected chi connectivity index (χ2v) is 7.05. The lowest BCUT2D eigenvalue weighted by Crippen LogP contribution is -2.24. The van der Waals surface area contributed by atoms with Crippen LogP contribution in [0.15, 0.2) is 53.4 Å². The van der Waals surface area contributed by atoms with Gasteiger partial charge in [0.05, 0.1) is 17.0 Å². The van der Waals surface area contributed by atoms with Gasteiger partial charge in [0, 0.05) is 11.1 Å². The van der Waals surface area contributed by atoms with E-state index in [0.717, 1.165) is 12.1 Å². The Morgan fingerprint density at radius 3 is 2.12 bits per heavy atom. The molecule has 1 N–H and O–H groups in total. The number of carbonyl (C=O) groups is 1. The number of ketones is 1. The van der Waals surface area contributed by atoms with Gasteiger partial charge in [0.25, 0.3) is 0 Å². The summed E-state index contributed by atoms with van der Waals surface area (Å²) >= 11 is 0. The third-order valence-electron chi connectivity index (χ3n) is 3.37. The zero-order chi connectivity index (χ0) is 19.4. The van der Waals surface area contributed by atoms with Crippen LogP contribution in [-0.2, 0) is 16.2 Å². The molecule has 0 saturated carbocycles. The molecule has 0 atom stereocenters. The number of carbonyl (C=O) groups excluding carboxylic acids is 1. The Balaban J connectivity index is 2.01. The predicted octanol–water partition coefficient (Wildman–Crippen LogP) is 3.24. The monoisotopic (exact) mass is 381 g/mol. The summed E-state index contributed by atoms with van der Waals surface area (Å²) in [7, 11) is -3.96. The number of halogens is 3. The molecule has 0 bridgehead atoms. The van der Waals surface area contributed by atoms with Gasteiger partial charge in [0.2, 0.25) is 10.0 Å². The van der Waals surface area contributed by atoms with Gasteiger partial charge in [-0.25, -0.2) is 8.42 Å². The first kappa shape index (κ1) is 19.7. The van der Waals surface area contributed by atoms with Crippen molar-refractivity contribution >= 4 is 15.8 Å². The molecule has 0 amide bonds. The first-order valence-electron chi connectivity index (χ1n) is 7.36. The summed E-state index contributed by atoms with van der Waals surface area (Å²) in [5.41, 5.74) is 0.215. The fourth-order valence-corrected chi connectivity index (χ4v) is 2.90. The summed E-state index contributed by atoms with van der Waals surface area (Å²) in [6.45, 7) is 1.23. The third kappa shape index (κ3) is 5.18. The topological polar surface area (TPSA) is 63.2 Å². The lowest BCUT2D eigenvalue weighted by Gasteiger charge is -2.08. The second kappa shape index (κ2) is 7.72. The number of benzene rings is 2. The van der Waals surface area contributed by atoms with Gasteiger partial charge in [0.1, 0.15) is 0 Å². The minimum absolute atomic E-state index is 0.0752. The van der Waals surface area contributed by atoms with E-state index in [0.29, 0.717) is 23.3 Å². The van der Waals surface area contributed by atoms with Crippen LogP contribution in [0.4, 0.5) is 13.2 Å². The molecule has 8 heteroatoms. The van der Waals surface area contributed by atoms with Crippen molar-refractivity contribution in [3.63, 3.8) is 0 Å². The maximum Gasteiger partial charge on any atom is 0.416 e. The van der Waals surface area contributed by atoms with Crippen LogP contribution in [0.1, 0.15) is 28.4 Å². The van der Waals surface area contributed by atoms with Crippen molar-refractivity contribution in [1.82, 2.24) is 4.72 Å². The number of alkyl halides is 3. The van der Waals surface area contributed by atoms with E-state index in [1.807, 2.05) is 0 Å². The lowest BCUT2D eigenvalue weighted by molar-refractivity contribution is -0.137. The Labute approximate surface area is 149 Å². The van der Waals surface area contributed by atoms with Gasteiger partial charge in [0.15, 0.2) is 5.78 Å². The lowest BCUT2D eigenvalue weighted by atomic mass is 10.1. The molecule has 2 rings (SSSR count). The fraction of sp³-hybridized carbons (Fsp3) is 0.167. The van der Waals surface area contributed by atoms with Gasteiger partial charge >= 0.3 is 6.18 Å². The van der Waals surface area contributed by atoms with Crippen LogP contribution in [0.25, 0.3) is 0 Å². The van der Waals surface area contributed by atoms with Gasteiger partial charge < -0.3 is 0 Å². The Morgan fingerprint density at radius 2 is 1.62 bits per heavy atom. The van der Waals surface area contributed by atoms with E-state index in [4.69, 9.17) is 0 Å². The molecule has 0 aliphatic heterocycles. The van der Waals surface area contributed by atoms with Crippen LogP contribution < -0.4 is 4.72 Å². The molecule has 26 heavy (non-hydrogen) atoms. The van der Waals surface area contributed by atoms with Gasteiger partial charge in [-0.3, -0.25) is 4.79 Å². The first-order chi connectivity index (χ1) is 12.1. The van der Waals surface area contributed by atoms with Crippen molar-refractivity contribution in [3.8, 4) is 11.8 Å². The number of Topliss-reactive ketones (excluding diaryl/α,β-unsaturated/α-hetero) is 1. The standard InChI is InChI=1S/C18H14F3NO3S/c1-13(23)15-6-4-14(5-7-15)3-2-12-22-26(24,25)17-10-8-16(9-11-17)18(19,20)21/h4-11,22H,12H2,1H3. The molecule has 0 unspecified atom stereocenters. The summed E-state index contributed by atoms with van der Waals surface area (Å²) in [5, 5.41) is 0. The molecule has 2 aromatic rings. The maximum absolute atomic E-state index is 12.5. The Hall–Kier alpha value is -2.63. The molecular weight excluding hydrogens is 367 g/mol. The van der Waals surface area contributed by atoms with Crippen molar-refractivity contribution in [2.45, 2.75) is 18.0 Å². The van der Waals surface area contributed by atoms with E-state index in [2.05, 4.69) is 16.6 Å². The number of sulfonamides is 1. The number of hydrogen-bond donors (Lipinski definition) is 1. The Bertz CT molecular complexity index is 952. The summed E-state index contributed by atoms with van der Waals surface area (Å²) in [6.07, 6.45) is -4.53. The SMILES string of the molecule is CC(=O)c1ccc(C#CCNS(=O)(=O)c2ccc(C(F)(F)F)cc2)cc1. The molecule has 0 aliphatic rings. The molecule has 136 valence electrons. The summed E-state index contributed by atoms with van der Waals surface area (Å²) in [4.78, 5) is 10.9. The van der Waals surface area contributed by atoms with E-state index in [9.17, 15) is 26.4 Å². The number of hydrogen-bond acceptors (Lipinski definition) is 3. The van der Waals surface area contributed by atoms with Crippen molar-refractivity contribution in [2.24, 2.45) is 0 Å². The van der Waals surface area contributed by atoms with Crippen LogP contribution in [0.3, 0.4) is 0 Å². The quantitative estimate of drug-likeness (QED) is 0.653. The normalized spacial score (nSPS) is 11.5. The van der Waals surface area contributed by atoms with Crippen molar-refractivity contribution < 1.29 is 26.4 Å². The van der Waals surface area contributed by atoms with E-state index in [-0.39, 0.29) is 17.2 Å². The van der Waals surface area contributed by atoms with E-state index < -0.39 is 21.8 Å². The summed E-state index contributed by atoms with van der Waals surface area (Å²) in [5.74, 6) is 5.26. The van der Waals surface area contributed by atoms with Crippen LogP contribution >= 0.6 is 0 Å². The molecule has 0 heterocycles. The molecule has 0 saturated heterocycles. The van der Waals surface area contributed by atoms with Crippen LogP contribution in [-0.4, -0.2) is 20.7 Å². The number of nitrogens with one attached hydrogen (secondary N) is 1. The summed E-state index contributed by atoms with van der Waals surface area (Å²) < 4.78 is 63.7. The molecule has 0 radical (unpaired) electrons. The second-order valence-electron chi connectivity index (χ2n) is 5.28. The molecule has 2 aromatic carbocycles. The average Bonchev–Trinajstić information content (AvgIpc) is 2.58. The van der Waals surface area contributed by atoms with Crippen molar-refractivity contribution in [1.29, 1.82) is 0 Å². The predicted molar refractivity (Wildman–Crippen MR) is 90.0 cm³/mol. The zero-order valence-corrected chi connectivity index (χ0v) is 14.4. The maximum atomic E-state index is 12.5. The highest BCUT2D eigenvalue weighted by atomic mass is 32.2. The van der Waals surface area contributed by atoms with E-state index in [1.165, 1.54) is 6.92 Å². The minimum atomic E-state index is -4.53. The van der Waals surface area contributed by atoms with Crippen molar-refractivity contribution in [3.05, 3.63) is 65.2 Å². The molecule has 0 aromatic heterocycles. The highest BCUT2D eigenvalue weighted by Gasteiger charge is 2.30. The van der Waals surface area contributed by atoms with Crippen LogP contribution in [0, 0.1) is 11.8 Å². The van der Waals surface area contributed by atoms with Gasteiger partial charge in [-0.15, -0.1) is 0 Å². The Kier molecular flexibility index (Phi) is 5.85. The summed E-state index contributed by atoms with van der Waals surface area (Å²) in [6, 6.07) is 9.67. The average molecular weight is 381 g/mol. The molecule has 0 fully saturated rings. The highest BCUT2D eigenvalue weighted by molar-refractivity contribution is 7.89.